The van der Waals surface area contributed by atoms with E-state index in [1.54, 1.807) is 8.61 Å². The molecule has 6 heteroatoms. The molecule has 2 saturated heterocycles. The van der Waals surface area contributed by atoms with Crippen LogP contribution in [0.5, 0.6) is 0 Å². The highest BCUT2D eigenvalue weighted by molar-refractivity contribution is 7.86. The summed E-state index contributed by atoms with van der Waals surface area (Å²) in [6.45, 7) is 7.47. The van der Waals surface area contributed by atoms with Gasteiger partial charge in [-0.1, -0.05) is 38.1 Å². The molecule has 2 fully saturated rings. The van der Waals surface area contributed by atoms with Crippen LogP contribution in [0.1, 0.15) is 37.4 Å². The van der Waals surface area contributed by atoms with E-state index in [0.717, 1.165) is 18.4 Å². The van der Waals surface area contributed by atoms with E-state index in [2.05, 4.69) is 43.4 Å². The van der Waals surface area contributed by atoms with E-state index in [9.17, 15) is 8.42 Å². The van der Waals surface area contributed by atoms with Crippen molar-refractivity contribution in [2.75, 3.05) is 32.7 Å². The maximum absolute atomic E-state index is 13.1. The van der Waals surface area contributed by atoms with Crippen LogP contribution in [0, 0.1) is 5.92 Å². The predicted molar refractivity (Wildman–Crippen MR) is 92.4 cm³/mol. The summed E-state index contributed by atoms with van der Waals surface area (Å²) in [7, 11) is -3.38. The maximum Gasteiger partial charge on any atom is 0.282 e. The molecule has 1 aromatic carbocycles. The Kier molecular flexibility index (Phi) is 5.06. The van der Waals surface area contributed by atoms with Crippen molar-refractivity contribution >= 4 is 10.2 Å². The van der Waals surface area contributed by atoms with Gasteiger partial charge in [-0.2, -0.15) is 17.0 Å². The van der Waals surface area contributed by atoms with Crippen LogP contribution in [0.15, 0.2) is 24.3 Å². The number of nitrogens with one attached hydrogen (secondary N) is 1. The number of piperazine rings is 1. The van der Waals surface area contributed by atoms with E-state index in [1.165, 1.54) is 5.56 Å². The van der Waals surface area contributed by atoms with Crippen molar-refractivity contribution in [2.24, 2.45) is 5.92 Å². The van der Waals surface area contributed by atoms with Crippen molar-refractivity contribution in [1.82, 2.24) is 13.9 Å². The molecule has 0 bridgehead atoms. The molecule has 23 heavy (non-hydrogen) atoms. The van der Waals surface area contributed by atoms with Crippen molar-refractivity contribution in [3.05, 3.63) is 35.4 Å². The lowest BCUT2D eigenvalue weighted by atomic mass is 10.0. The zero-order valence-corrected chi connectivity index (χ0v) is 14.8. The van der Waals surface area contributed by atoms with E-state index in [-0.39, 0.29) is 6.04 Å². The summed E-state index contributed by atoms with van der Waals surface area (Å²) in [6, 6.07) is 8.24. The van der Waals surface area contributed by atoms with Gasteiger partial charge in [0.15, 0.2) is 0 Å². The molecule has 0 amide bonds. The highest BCUT2D eigenvalue weighted by atomic mass is 32.2. The Morgan fingerprint density at radius 2 is 1.96 bits per heavy atom. The average Bonchev–Trinajstić information content (AvgIpc) is 3.02. The molecule has 2 aliphatic rings. The summed E-state index contributed by atoms with van der Waals surface area (Å²) in [5.41, 5.74) is 2.35. The Labute approximate surface area is 139 Å². The van der Waals surface area contributed by atoms with Crippen molar-refractivity contribution < 1.29 is 8.42 Å². The number of rotatable bonds is 4. The molecule has 5 nitrogen and oxygen atoms in total. The maximum atomic E-state index is 13.1. The standard InChI is InChI=1S/C17H27N3O2S/c1-3-15-4-6-16(7-5-15)17-12-18-9-11-20(17)23(21,22)19-10-8-14(2)13-19/h4-7,14,17-18H,3,8-13H2,1-2H3. The molecule has 2 heterocycles. The lowest BCUT2D eigenvalue weighted by Gasteiger charge is -2.37. The van der Waals surface area contributed by atoms with Gasteiger partial charge in [0.1, 0.15) is 0 Å². The van der Waals surface area contributed by atoms with E-state index in [1.807, 2.05) is 0 Å². The molecule has 2 atom stereocenters. The Morgan fingerprint density at radius 3 is 2.57 bits per heavy atom. The lowest BCUT2D eigenvalue weighted by Crippen LogP contribution is -2.52. The summed E-state index contributed by atoms with van der Waals surface area (Å²) >= 11 is 0. The fourth-order valence-corrected chi connectivity index (χ4v) is 5.39. The molecular formula is C17H27N3O2S. The minimum absolute atomic E-state index is 0.115. The van der Waals surface area contributed by atoms with Gasteiger partial charge >= 0.3 is 0 Å². The van der Waals surface area contributed by atoms with Crippen LogP contribution in [0.2, 0.25) is 0 Å². The smallest absolute Gasteiger partial charge is 0.282 e. The zero-order valence-electron chi connectivity index (χ0n) is 14.0. The molecular weight excluding hydrogens is 310 g/mol. The summed E-state index contributed by atoms with van der Waals surface area (Å²) in [5.74, 6) is 0.454. The van der Waals surface area contributed by atoms with Crippen molar-refractivity contribution in [2.45, 2.75) is 32.7 Å². The van der Waals surface area contributed by atoms with Crippen LogP contribution in [0.3, 0.4) is 0 Å². The first-order valence-electron chi connectivity index (χ1n) is 8.59. The number of benzene rings is 1. The second kappa shape index (κ2) is 6.89. The van der Waals surface area contributed by atoms with Crippen LogP contribution in [0.25, 0.3) is 0 Å². The highest BCUT2D eigenvalue weighted by Gasteiger charge is 2.39. The lowest BCUT2D eigenvalue weighted by molar-refractivity contribution is 0.251. The van der Waals surface area contributed by atoms with Gasteiger partial charge in [-0.25, -0.2) is 0 Å². The second-order valence-corrected chi connectivity index (χ2v) is 8.57. The second-order valence-electron chi connectivity index (χ2n) is 6.69. The van der Waals surface area contributed by atoms with Gasteiger partial charge in [0.25, 0.3) is 10.2 Å². The van der Waals surface area contributed by atoms with E-state index in [0.29, 0.717) is 38.6 Å². The van der Waals surface area contributed by atoms with Gasteiger partial charge in [-0.15, -0.1) is 0 Å². The minimum atomic E-state index is -3.38. The Hall–Kier alpha value is -0.950. The monoisotopic (exact) mass is 337 g/mol. The zero-order chi connectivity index (χ0) is 16.4. The molecule has 2 unspecified atom stereocenters. The molecule has 1 N–H and O–H groups in total. The molecule has 1 aromatic rings. The van der Waals surface area contributed by atoms with Crippen LogP contribution in [-0.4, -0.2) is 49.8 Å². The Bertz CT molecular complexity index is 630. The number of nitrogens with zero attached hydrogens (tertiary/aromatic N) is 2. The molecule has 0 spiro atoms. The third-order valence-corrected chi connectivity index (χ3v) is 6.99. The molecule has 128 valence electrons. The predicted octanol–water partition coefficient (Wildman–Crippen LogP) is 1.78. The quantitative estimate of drug-likeness (QED) is 0.911. The van der Waals surface area contributed by atoms with E-state index < -0.39 is 10.2 Å². The summed E-state index contributed by atoms with van der Waals surface area (Å²) < 4.78 is 29.5. The number of hydrogen-bond donors (Lipinski definition) is 1. The summed E-state index contributed by atoms with van der Waals surface area (Å²) in [5, 5.41) is 3.34. The number of aryl methyl sites for hydroxylation is 1. The van der Waals surface area contributed by atoms with Crippen molar-refractivity contribution in [1.29, 1.82) is 0 Å². The van der Waals surface area contributed by atoms with Gasteiger partial charge in [0.05, 0.1) is 6.04 Å². The first-order chi connectivity index (χ1) is 11.0. The van der Waals surface area contributed by atoms with Crippen LogP contribution in [0.4, 0.5) is 0 Å². The molecule has 0 saturated carbocycles. The van der Waals surface area contributed by atoms with Crippen molar-refractivity contribution in [3.8, 4) is 0 Å². The first kappa shape index (κ1) is 16.9. The topological polar surface area (TPSA) is 52.7 Å². The van der Waals surface area contributed by atoms with Gasteiger partial charge in [-0.3, -0.25) is 0 Å². The average molecular weight is 337 g/mol. The van der Waals surface area contributed by atoms with E-state index >= 15 is 0 Å². The molecule has 0 aromatic heterocycles. The minimum Gasteiger partial charge on any atom is -0.313 e. The summed E-state index contributed by atoms with van der Waals surface area (Å²) in [4.78, 5) is 0. The third-order valence-electron chi connectivity index (χ3n) is 4.98. The largest absolute Gasteiger partial charge is 0.313 e. The Balaban J connectivity index is 1.85. The molecule has 0 aliphatic carbocycles. The Morgan fingerprint density at radius 1 is 1.22 bits per heavy atom. The van der Waals surface area contributed by atoms with Gasteiger partial charge in [-0.05, 0) is 29.9 Å². The van der Waals surface area contributed by atoms with Gasteiger partial charge in [0, 0.05) is 32.7 Å². The van der Waals surface area contributed by atoms with Crippen LogP contribution in [-0.2, 0) is 16.6 Å². The van der Waals surface area contributed by atoms with E-state index in [4.69, 9.17) is 0 Å². The normalized spacial score (nSPS) is 27.4. The molecule has 0 radical (unpaired) electrons. The highest BCUT2D eigenvalue weighted by Crippen LogP contribution is 2.29. The first-order valence-corrected chi connectivity index (χ1v) is 9.98. The molecule has 2 aliphatic heterocycles. The van der Waals surface area contributed by atoms with Crippen LogP contribution >= 0.6 is 0 Å². The van der Waals surface area contributed by atoms with Gasteiger partial charge < -0.3 is 5.32 Å². The summed E-state index contributed by atoms with van der Waals surface area (Å²) in [6.07, 6.45) is 1.96. The molecule has 3 rings (SSSR count). The van der Waals surface area contributed by atoms with Gasteiger partial charge in [0.2, 0.25) is 0 Å². The fraction of sp³-hybridized carbons (Fsp3) is 0.647. The number of hydrogen-bond acceptors (Lipinski definition) is 3. The fourth-order valence-electron chi connectivity index (χ4n) is 3.47. The van der Waals surface area contributed by atoms with Crippen LogP contribution < -0.4 is 5.32 Å². The SMILES string of the molecule is CCc1ccc(C2CNCCN2S(=O)(=O)N2CCC(C)C2)cc1. The third kappa shape index (κ3) is 3.45. The van der Waals surface area contributed by atoms with Crippen molar-refractivity contribution in [3.63, 3.8) is 0 Å².